The van der Waals surface area contributed by atoms with E-state index >= 15 is 0 Å². The highest BCUT2D eigenvalue weighted by atomic mass is 16.5. The molecular formula is C18H19NO2. The van der Waals surface area contributed by atoms with E-state index in [4.69, 9.17) is 4.74 Å². The molecule has 108 valence electrons. The number of methoxy groups -OCH3 is 1. The molecule has 1 amide bonds. The van der Waals surface area contributed by atoms with Crippen molar-refractivity contribution in [3.8, 4) is 5.75 Å². The van der Waals surface area contributed by atoms with Crippen molar-refractivity contribution in [3.63, 3.8) is 0 Å². The third kappa shape index (κ3) is 4.49. The fourth-order valence-electron chi connectivity index (χ4n) is 1.94. The Morgan fingerprint density at radius 3 is 2.38 bits per heavy atom. The van der Waals surface area contributed by atoms with Crippen LogP contribution in [-0.2, 0) is 11.3 Å². The van der Waals surface area contributed by atoms with Gasteiger partial charge < -0.3 is 9.64 Å². The predicted octanol–water partition coefficient (Wildman–Crippen LogP) is 3.37. The largest absolute Gasteiger partial charge is 0.497 e. The van der Waals surface area contributed by atoms with Gasteiger partial charge in [0.05, 0.1) is 7.11 Å². The predicted molar refractivity (Wildman–Crippen MR) is 84.9 cm³/mol. The molecule has 0 aliphatic rings. The molecule has 0 bridgehead atoms. The second-order valence-electron chi connectivity index (χ2n) is 4.79. The van der Waals surface area contributed by atoms with Crippen LogP contribution in [0.25, 0.3) is 6.08 Å². The van der Waals surface area contributed by atoms with Crippen molar-refractivity contribution in [2.75, 3.05) is 14.2 Å². The normalized spacial score (nSPS) is 10.6. The summed E-state index contributed by atoms with van der Waals surface area (Å²) in [7, 11) is 3.43. The quantitative estimate of drug-likeness (QED) is 0.786. The lowest BCUT2D eigenvalue weighted by atomic mass is 10.2. The van der Waals surface area contributed by atoms with E-state index in [0.29, 0.717) is 6.54 Å². The van der Waals surface area contributed by atoms with E-state index < -0.39 is 0 Å². The van der Waals surface area contributed by atoms with Gasteiger partial charge in [-0.3, -0.25) is 4.79 Å². The summed E-state index contributed by atoms with van der Waals surface area (Å²) in [5.41, 5.74) is 2.09. The lowest BCUT2D eigenvalue weighted by Crippen LogP contribution is -2.23. The van der Waals surface area contributed by atoms with Crippen LogP contribution in [0.5, 0.6) is 5.75 Å². The highest BCUT2D eigenvalue weighted by Crippen LogP contribution is 2.12. The molecule has 0 N–H and O–H groups in total. The Hall–Kier alpha value is -2.55. The summed E-state index contributed by atoms with van der Waals surface area (Å²) in [4.78, 5) is 13.7. The van der Waals surface area contributed by atoms with Crippen molar-refractivity contribution in [1.29, 1.82) is 0 Å². The molecule has 0 saturated carbocycles. The SMILES string of the molecule is COc1ccc(/C=C\C(=O)N(C)Cc2ccccc2)cc1. The Balaban J connectivity index is 1.94. The summed E-state index contributed by atoms with van der Waals surface area (Å²) in [6, 6.07) is 17.5. The van der Waals surface area contributed by atoms with E-state index in [2.05, 4.69) is 0 Å². The number of amides is 1. The van der Waals surface area contributed by atoms with Crippen molar-refractivity contribution in [1.82, 2.24) is 4.90 Å². The van der Waals surface area contributed by atoms with Crippen LogP contribution < -0.4 is 4.74 Å². The molecule has 3 nitrogen and oxygen atoms in total. The van der Waals surface area contributed by atoms with Crippen LogP contribution in [0, 0.1) is 0 Å². The summed E-state index contributed by atoms with van der Waals surface area (Å²) in [6.45, 7) is 0.604. The molecule has 21 heavy (non-hydrogen) atoms. The maximum Gasteiger partial charge on any atom is 0.246 e. The summed E-state index contributed by atoms with van der Waals surface area (Å²) in [6.07, 6.45) is 3.40. The minimum Gasteiger partial charge on any atom is -0.497 e. The van der Waals surface area contributed by atoms with E-state index in [0.717, 1.165) is 16.9 Å². The molecule has 0 spiro atoms. The Morgan fingerprint density at radius 2 is 1.76 bits per heavy atom. The zero-order valence-corrected chi connectivity index (χ0v) is 12.3. The number of benzene rings is 2. The van der Waals surface area contributed by atoms with Crippen LogP contribution in [0.15, 0.2) is 60.7 Å². The fraction of sp³-hybridized carbons (Fsp3) is 0.167. The topological polar surface area (TPSA) is 29.5 Å². The van der Waals surface area contributed by atoms with Gasteiger partial charge in [-0.2, -0.15) is 0 Å². The first-order chi connectivity index (χ1) is 10.2. The third-order valence-electron chi connectivity index (χ3n) is 3.17. The van der Waals surface area contributed by atoms with Gasteiger partial charge in [0, 0.05) is 19.7 Å². The first kappa shape index (κ1) is 14.9. The fourth-order valence-corrected chi connectivity index (χ4v) is 1.94. The molecule has 0 aliphatic heterocycles. The number of hydrogen-bond acceptors (Lipinski definition) is 2. The molecule has 0 aliphatic carbocycles. The van der Waals surface area contributed by atoms with E-state index in [1.54, 1.807) is 25.1 Å². The van der Waals surface area contributed by atoms with Gasteiger partial charge in [-0.25, -0.2) is 0 Å². The minimum atomic E-state index is -0.0188. The lowest BCUT2D eigenvalue weighted by Gasteiger charge is -2.15. The maximum absolute atomic E-state index is 12.1. The van der Waals surface area contributed by atoms with Crippen molar-refractivity contribution in [2.24, 2.45) is 0 Å². The van der Waals surface area contributed by atoms with Gasteiger partial charge in [-0.1, -0.05) is 42.5 Å². The zero-order valence-electron chi connectivity index (χ0n) is 12.3. The van der Waals surface area contributed by atoms with Crippen molar-refractivity contribution in [3.05, 3.63) is 71.8 Å². The molecular weight excluding hydrogens is 262 g/mol. The highest BCUT2D eigenvalue weighted by molar-refractivity contribution is 5.91. The van der Waals surface area contributed by atoms with Gasteiger partial charge in [0.2, 0.25) is 5.91 Å². The Bertz CT molecular complexity index is 603. The summed E-state index contributed by atoms with van der Waals surface area (Å²) >= 11 is 0. The van der Waals surface area contributed by atoms with Gasteiger partial charge in [0.25, 0.3) is 0 Å². The molecule has 0 heterocycles. The molecule has 2 aromatic carbocycles. The molecule has 0 radical (unpaired) electrons. The first-order valence-corrected chi connectivity index (χ1v) is 6.80. The van der Waals surface area contributed by atoms with Gasteiger partial charge in [-0.15, -0.1) is 0 Å². The Labute approximate surface area is 125 Å². The minimum absolute atomic E-state index is 0.0188. The molecule has 0 saturated heterocycles. The number of ether oxygens (including phenoxy) is 1. The van der Waals surface area contributed by atoms with Crippen LogP contribution in [-0.4, -0.2) is 25.0 Å². The first-order valence-electron chi connectivity index (χ1n) is 6.80. The molecule has 2 rings (SSSR count). The van der Waals surface area contributed by atoms with E-state index in [1.807, 2.05) is 60.7 Å². The zero-order chi connectivity index (χ0) is 15.1. The summed E-state index contributed by atoms with van der Waals surface area (Å²) in [5.74, 6) is 0.786. The number of nitrogens with zero attached hydrogens (tertiary/aromatic N) is 1. The number of likely N-dealkylation sites (N-methyl/N-ethyl adjacent to an activating group) is 1. The Morgan fingerprint density at radius 1 is 1.10 bits per heavy atom. The summed E-state index contributed by atoms with van der Waals surface area (Å²) in [5, 5.41) is 0. The number of carbonyl (C=O) groups is 1. The highest BCUT2D eigenvalue weighted by Gasteiger charge is 2.05. The maximum atomic E-state index is 12.1. The van der Waals surface area contributed by atoms with Gasteiger partial charge >= 0.3 is 0 Å². The average Bonchev–Trinajstić information content (AvgIpc) is 2.54. The number of rotatable bonds is 5. The van der Waals surface area contributed by atoms with Crippen molar-refractivity contribution >= 4 is 12.0 Å². The molecule has 0 atom stereocenters. The smallest absolute Gasteiger partial charge is 0.246 e. The van der Waals surface area contributed by atoms with Crippen LogP contribution in [0.1, 0.15) is 11.1 Å². The Kier molecular flexibility index (Phi) is 5.16. The van der Waals surface area contributed by atoms with Crippen LogP contribution in [0.2, 0.25) is 0 Å². The lowest BCUT2D eigenvalue weighted by molar-refractivity contribution is -0.125. The van der Waals surface area contributed by atoms with Gasteiger partial charge in [0.1, 0.15) is 5.75 Å². The van der Waals surface area contributed by atoms with Crippen LogP contribution >= 0.6 is 0 Å². The third-order valence-corrected chi connectivity index (χ3v) is 3.17. The van der Waals surface area contributed by atoms with Crippen molar-refractivity contribution in [2.45, 2.75) is 6.54 Å². The monoisotopic (exact) mass is 281 g/mol. The van der Waals surface area contributed by atoms with Gasteiger partial charge in [-0.05, 0) is 29.3 Å². The van der Waals surface area contributed by atoms with Crippen LogP contribution in [0.4, 0.5) is 0 Å². The van der Waals surface area contributed by atoms with E-state index in [-0.39, 0.29) is 5.91 Å². The number of carbonyl (C=O) groups excluding carboxylic acids is 1. The van der Waals surface area contributed by atoms with Crippen molar-refractivity contribution < 1.29 is 9.53 Å². The molecule has 2 aromatic rings. The van der Waals surface area contributed by atoms with Gasteiger partial charge in [0.15, 0.2) is 0 Å². The van der Waals surface area contributed by atoms with E-state index in [9.17, 15) is 4.79 Å². The standard InChI is InChI=1S/C18H19NO2/c1-19(14-16-6-4-3-5-7-16)18(20)13-10-15-8-11-17(21-2)12-9-15/h3-13H,14H2,1-2H3/b13-10-. The molecule has 0 fully saturated rings. The molecule has 0 unspecified atom stereocenters. The average molecular weight is 281 g/mol. The second kappa shape index (κ2) is 7.29. The molecule has 0 aromatic heterocycles. The summed E-state index contributed by atoms with van der Waals surface area (Å²) < 4.78 is 5.10. The number of hydrogen-bond donors (Lipinski definition) is 0. The second-order valence-corrected chi connectivity index (χ2v) is 4.79. The van der Waals surface area contributed by atoms with E-state index in [1.165, 1.54) is 0 Å². The van der Waals surface area contributed by atoms with Crippen LogP contribution in [0.3, 0.4) is 0 Å². The molecule has 3 heteroatoms.